The third-order valence-electron chi connectivity index (χ3n) is 5.94. The van der Waals surface area contributed by atoms with E-state index in [1.165, 1.54) is 6.07 Å². The van der Waals surface area contributed by atoms with Crippen LogP contribution in [0.2, 0.25) is 5.02 Å². The molecule has 1 aromatic carbocycles. The van der Waals surface area contributed by atoms with E-state index in [9.17, 15) is 5.26 Å². The van der Waals surface area contributed by atoms with Crippen molar-refractivity contribution in [2.45, 2.75) is 39.3 Å². The molecule has 2 N–H and O–H groups in total. The van der Waals surface area contributed by atoms with Gasteiger partial charge in [-0.1, -0.05) is 11.6 Å². The Bertz CT molecular complexity index is 1390. The van der Waals surface area contributed by atoms with E-state index in [0.29, 0.717) is 50.5 Å². The Morgan fingerprint density at radius 1 is 1.29 bits per heavy atom. The lowest BCUT2D eigenvalue weighted by Gasteiger charge is -2.23. The molecule has 4 aromatic rings. The van der Waals surface area contributed by atoms with Gasteiger partial charge < -0.3 is 10.5 Å². The van der Waals surface area contributed by atoms with Crippen LogP contribution in [0.15, 0.2) is 18.3 Å². The normalized spacial score (nSPS) is 16.8. The topological polar surface area (TPSA) is 94.7 Å². The minimum Gasteiger partial charge on any atom is -0.384 e. The van der Waals surface area contributed by atoms with Gasteiger partial charge in [0.25, 0.3) is 0 Å². The highest BCUT2D eigenvalue weighted by molar-refractivity contribution is 6.32. The monoisotopic (exact) mass is 438 g/mol. The molecule has 1 atom stereocenters. The lowest BCUT2D eigenvalue weighted by molar-refractivity contribution is -0.0366. The second-order valence-electron chi connectivity index (χ2n) is 7.81. The van der Waals surface area contributed by atoms with Crippen molar-refractivity contribution in [3.63, 3.8) is 0 Å². The molecule has 0 radical (unpaired) electrons. The Labute approximate surface area is 182 Å². The Morgan fingerprint density at radius 2 is 2.10 bits per heavy atom. The van der Waals surface area contributed by atoms with Gasteiger partial charge in [0.15, 0.2) is 6.23 Å². The minimum absolute atomic E-state index is 0.184. The van der Waals surface area contributed by atoms with Crippen molar-refractivity contribution in [3.05, 3.63) is 46.0 Å². The van der Waals surface area contributed by atoms with Crippen LogP contribution in [0.4, 0.5) is 10.2 Å². The molecule has 1 aliphatic heterocycles. The summed E-state index contributed by atoms with van der Waals surface area (Å²) < 4.78 is 24.4. The molecular weight excluding hydrogens is 419 g/mol. The molecule has 158 valence electrons. The summed E-state index contributed by atoms with van der Waals surface area (Å²) in [7, 11) is 0. The number of hydrogen-bond acceptors (Lipinski definition) is 5. The van der Waals surface area contributed by atoms with Crippen LogP contribution >= 0.6 is 11.6 Å². The van der Waals surface area contributed by atoms with Crippen LogP contribution in [0.25, 0.3) is 27.6 Å². The Morgan fingerprint density at radius 3 is 2.81 bits per heavy atom. The smallest absolute Gasteiger partial charge is 0.150 e. The number of aryl methyl sites for hydroxylation is 1. The highest BCUT2D eigenvalue weighted by atomic mass is 35.5. The summed E-state index contributed by atoms with van der Waals surface area (Å²) in [6, 6.07) is 5.29. The number of benzene rings is 1. The maximum absolute atomic E-state index is 15.1. The molecule has 0 amide bonds. The molecule has 31 heavy (non-hydrogen) atoms. The van der Waals surface area contributed by atoms with Crippen LogP contribution in [0.3, 0.4) is 0 Å². The van der Waals surface area contributed by atoms with Crippen molar-refractivity contribution < 1.29 is 9.13 Å². The number of rotatable bonds is 2. The van der Waals surface area contributed by atoms with E-state index in [2.05, 4.69) is 16.2 Å². The summed E-state index contributed by atoms with van der Waals surface area (Å²) in [5.74, 6) is -0.214. The number of pyridine rings is 1. The fourth-order valence-electron chi connectivity index (χ4n) is 4.31. The first-order chi connectivity index (χ1) is 14.9. The number of anilines is 1. The summed E-state index contributed by atoms with van der Waals surface area (Å²) in [5.41, 5.74) is 9.20. The first-order valence-electron chi connectivity index (χ1n) is 10.1. The molecule has 0 aliphatic carbocycles. The first-order valence-corrected chi connectivity index (χ1v) is 10.5. The van der Waals surface area contributed by atoms with Gasteiger partial charge in [0.1, 0.15) is 28.9 Å². The molecule has 3 aromatic heterocycles. The number of halogens is 2. The van der Waals surface area contributed by atoms with Crippen LogP contribution in [0.1, 0.15) is 42.3 Å². The van der Waals surface area contributed by atoms with Gasteiger partial charge in [0.2, 0.25) is 0 Å². The molecule has 1 aliphatic rings. The molecule has 7 nitrogen and oxygen atoms in total. The van der Waals surface area contributed by atoms with Crippen molar-refractivity contribution in [3.8, 4) is 11.8 Å². The molecule has 9 heteroatoms. The molecule has 1 unspecified atom stereocenters. The van der Waals surface area contributed by atoms with Gasteiger partial charge in [-0.2, -0.15) is 10.4 Å². The minimum atomic E-state index is -0.398. The number of nitrogens with zero attached hydrogens (tertiary/aromatic N) is 5. The average molecular weight is 439 g/mol. The Hall–Kier alpha value is -3.15. The van der Waals surface area contributed by atoms with Crippen LogP contribution in [0.5, 0.6) is 0 Å². The van der Waals surface area contributed by atoms with E-state index in [1.54, 1.807) is 35.4 Å². The van der Waals surface area contributed by atoms with E-state index >= 15 is 4.39 Å². The van der Waals surface area contributed by atoms with Crippen molar-refractivity contribution in [2.75, 3.05) is 12.3 Å². The molecule has 5 rings (SSSR count). The largest absolute Gasteiger partial charge is 0.384 e. The number of nitriles is 1. The van der Waals surface area contributed by atoms with Gasteiger partial charge in [-0.3, -0.25) is 4.57 Å². The molecule has 0 bridgehead atoms. The highest BCUT2D eigenvalue weighted by Crippen LogP contribution is 2.38. The first kappa shape index (κ1) is 19.8. The van der Waals surface area contributed by atoms with Crippen molar-refractivity contribution in [1.29, 1.82) is 5.26 Å². The van der Waals surface area contributed by atoms with E-state index in [1.807, 2.05) is 0 Å². The van der Waals surface area contributed by atoms with Gasteiger partial charge in [-0.15, -0.1) is 0 Å². The van der Waals surface area contributed by atoms with Crippen molar-refractivity contribution >= 4 is 39.4 Å². The van der Waals surface area contributed by atoms with Gasteiger partial charge >= 0.3 is 0 Å². The Kier molecular flexibility index (Phi) is 4.61. The molecule has 4 heterocycles. The average Bonchev–Trinajstić information content (AvgIpc) is 3.28. The van der Waals surface area contributed by atoms with Crippen LogP contribution in [-0.2, 0) is 4.74 Å². The number of nitrogens with two attached hydrogens (primary N) is 1. The van der Waals surface area contributed by atoms with E-state index in [0.717, 1.165) is 19.3 Å². The van der Waals surface area contributed by atoms with E-state index < -0.39 is 5.82 Å². The highest BCUT2D eigenvalue weighted by Gasteiger charge is 2.26. The Balaban J connectivity index is 1.86. The lowest BCUT2D eigenvalue weighted by atomic mass is 10.1. The second kappa shape index (κ2) is 7.22. The fraction of sp³-hybridized carbons (Fsp3) is 0.318. The fourth-order valence-corrected chi connectivity index (χ4v) is 4.46. The van der Waals surface area contributed by atoms with Gasteiger partial charge in [0, 0.05) is 29.0 Å². The summed E-state index contributed by atoms with van der Waals surface area (Å²) in [6.07, 6.45) is 4.29. The zero-order valence-electron chi connectivity index (χ0n) is 17.1. The quantitative estimate of drug-likeness (QED) is 0.478. The van der Waals surface area contributed by atoms with Crippen LogP contribution in [0, 0.1) is 31.0 Å². The maximum Gasteiger partial charge on any atom is 0.150 e. The predicted octanol–water partition coefficient (Wildman–Crippen LogP) is 4.94. The molecular formula is C22H20ClFN6O. The zero-order chi connectivity index (χ0) is 21.9. The number of aromatic nitrogens is 4. The van der Waals surface area contributed by atoms with Crippen molar-refractivity contribution in [1.82, 2.24) is 19.3 Å². The summed E-state index contributed by atoms with van der Waals surface area (Å²) in [6.45, 7) is 4.10. The molecule has 0 saturated carbocycles. The lowest BCUT2D eigenvalue weighted by Crippen LogP contribution is -2.19. The van der Waals surface area contributed by atoms with Gasteiger partial charge in [-0.25, -0.2) is 14.1 Å². The van der Waals surface area contributed by atoms with Gasteiger partial charge in [0.05, 0.1) is 28.1 Å². The molecule has 1 fully saturated rings. The molecule has 1 saturated heterocycles. The van der Waals surface area contributed by atoms with Crippen molar-refractivity contribution in [2.24, 2.45) is 0 Å². The standard InChI is InChI=1S/C22H20ClFN6O/c1-11-17(24)8-18-15(10-27-30(18)19-5-3-4-6-31-19)20(11)29-21(26)14(9-25)13-7-16(23)12(2)28-22(13)29/h7-8,10,19H,3-6,26H2,1-2H3. The predicted molar refractivity (Wildman–Crippen MR) is 117 cm³/mol. The maximum atomic E-state index is 15.1. The zero-order valence-corrected chi connectivity index (χ0v) is 17.9. The third-order valence-corrected chi connectivity index (χ3v) is 6.32. The summed E-state index contributed by atoms with van der Waals surface area (Å²) in [4.78, 5) is 4.58. The second-order valence-corrected chi connectivity index (χ2v) is 8.22. The number of hydrogen-bond donors (Lipinski definition) is 1. The number of fused-ring (bicyclic) bond motifs is 2. The summed E-state index contributed by atoms with van der Waals surface area (Å²) in [5, 5.41) is 15.9. The number of ether oxygens (including phenoxy) is 1. The van der Waals surface area contributed by atoms with E-state index in [-0.39, 0.29) is 17.6 Å². The van der Waals surface area contributed by atoms with E-state index in [4.69, 9.17) is 22.1 Å². The summed E-state index contributed by atoms with van der Waals surface area (Å²) >= 11 is 6.26. The SMILES string of the molecule is Cc1nc2c(cc1Cl)c(C#N)c(N)n2-c1c(C)c(F)cc2c1cnn2C1CCCCO1. The number of nitrogen functional groups attached to an aromatic ring is 1. The van der Waals surface area contributed by atoms with Gasteiger partial charge in [-0.05, 0) is 39.2 Å². The molecule has 0 spiro atoms. The van der Waals surface area contributed by atoms with Crippen LogP contribution < -0.4 is 5.73 Å². The third kappa shape index (κ3) is 2.88. The van der Waals surface area contributed by atoms with Crippen LogP contribution in [-0.4, -0.2) is 25.9 Å².